The summed E-state index contributed by atoms with van der Waals surface area (Å²) in [6.07, 6.45) is 74.5. The van der Waals surface area contributed by atoms with Crippen LogP contribution < -0.4 is 0 Å². The summed E-state index contributed by atoms with van der Waals surface area (Å²) in [5, 5.41) is 85.5. The minimum absolute atomic E-state index is 0.0165. The number of aliphatic hydroxyl groups is 8. The van der Waals surface area contributed by atoms with E-state index in [4.69, 9.17) is 18.9 Å². The first-order valence-electron chi connectivity index (χ1n) is 49.7. The van der Waals surface area contributed by atoms with Gasteiger partial charge < -0.3 is 59.8 Å². The van der Waals surface area contributed by atoms with Gasteiger partial charge in [-0.2, -0.15) is 0 Å². The third-order valence-corrected chi connectivity index (χ3v) is 26.5. The fourth-order valence-electron chi connectivity index (χ4n) is 18.6. The number of hydrogen-bond acceptors (Lipinski definition) is 14. The van der Waals surface area contributed by atoms with Crippen molar-refractivity contribution < 1.29 is 69.4 Å². The monoisotopic (exact) mass is 1590 g/mol. The fraction of sp³-hybridized carbons (Fsp3) is 0.980. The molecule has 8 N–H and O–H groups in total. The van der Waals surface area contributed by atoms with Crippen LogP contribution in [0, 0.1) is 29.6 Å². The van der Waals surface area contributed by atoms with Crippen molar-refractivity contribution in [3.8, 4) is 0 Å². The Hall–Kier alpha value is -1.46. The van der Waals surface area contributed by atoms with Gasteiger partial charge in [0, 0.05) is 6.42 Å². The molecule has 0 radical (unpaired) electrons. The lowest BCUT2D eigenvalue weighted by Crippen LogP contribution is -2.62. The summed E-state index contributed by atoms with van der Waals surface area (Å²) >= 11 is 0. The summed E-state index contributed by atoms with van der Waals surface area (Å²) in [7, 11) is 0. The van der Waals surface area contributed by atoms with Gasteiger partial charge in [0.1, 0.15) is 55.4 Å². The molecule has 3 rings (SSSR count). The number of unbranched alkanes of at least 4 members (excludes halogenated alkanes) is 60. The number of carbonyl (C=O) groups is 2. The van der Waals surface area contributed by atoms with Crippen molar-refractivity contribution in [1.82, 2.24) is 0 Å². The van der Waals surface area contributed by atoms with Crippen LogP contribution in [0.1, 0.15) is 497 Å². The highest BCUT2D eigenvalue weighted by molar-refractivity contribution is 5.73. The standard InChI is InChI=1S/C98H188O14/c1-6-9-12-15-18-21-24-27-30-32-33-34-35-37-43-48-53-58-63-68-73-84(98(108)109-79-90-94(104)96(106)92(102)88(112-90)77-87-91(101)95(105)93(103)89(78-99)111-87)86(100)74-69-64-59-54-49-44-39-38-42-46-51-56-61-66-71-82-76-85(82)80(4)75-83(72-67-62-57-52-47-41-29-26-23-20-17-14-11-8-3)97(107)110-81(5)70-65-60-55-50-45-40-36-31-28-25-22-19-16-13-10-7-2/h80-96,99-106H,6-79H2,1-5H3/t80-,81-,82-,83?,84+,85+,86+,87?,88?,89?,90?,91?,92?,93?,94?,95?,96?/m0/s1. The van der Waals surface area contributed by atoms with Crippen LogP contribution in [0.5, 0.6) is 0 Å². The average Bonchev–Trinajstić information content (AvgIpc) is 1.36. The molecule has 3 fully saturated rings. The molecule has 0 amide bonds. The maximum absolute atomic E-state index is 14.0. The second-order valence-corrected chi connectivity index (χ2v) is 36.9. The van der Waals surface area contributed by atoms with Crippen LogP contribution in [0.25, 0.3) is 0 Å². The molecule has 0 aromatic heterocycles. The van der Waals surface area contributed by atoms with Gasteiger partial charge in [-0.25, -0.2) is 0 Å². The van der Waals surface area contributed by atoms with Crippen molar-refractivity contribution in [3.63, 3.8) is 0 Å². The van der Waals surface area contributed by atoms with Gasteiger partial charge in [0.15, 0.2) is 0 Å². The van der Waals surface area contributed by atoms with Crippen LogP contribution in [0.3, 0.4) is 0 Å². The lowest BCUT2D eigenvalue weighted by atomic mass is 9.87. The quantitative estimate of drug-likeness (QED) is 0.0209. The molecule has 112 heavy (non-hydrogen) atoms. The summed E-state index contributed by atoms with van der Waals surface area (Å²) in [5.41, 5.74) is 0. The van der Waals surface area contributed by atoms with Gasteiger partial charge in [0.25, 0.3) is 0 Å². The number of esters is 2. The lowest BCUT2D eigenvalue weighted by molar-refractivity contribution is -0.263. The van der Waals surface area contributed by atoms with E-state index >= 15 is 0 Å². The van der Waals surface area contributed by atoms with Crippen molar-refractivity contribution in [3.05, 3.63) is 0 Å². The highest BCUT2D eigenvalue weighted by atomic mass is 16.6. The summed E-state index contributed by atoms with van der Waals surface area (Å²) in [6.45, 7) is 10.4. The maximum Gasteiger partial charge on any atom is 0.311 e. The van der Waals surface area contributed by atoms with E-state index in [-0.39, 0.29) is 24.4 Å². The molecule has 1 saturated carbocycles. The molecule has 17 atom stereocenters. The van der Waals surface area contributed by atoms with Gasteiger partial charge in [0.2, 0.25) is 0 Å². The van der Waals surface area contributed by atoms with Gasteiger partial charge in [-0.05, 0) is 69.6 Å². The molecular weight excluding hydrogens is 1400 g/mol. The number of ether oxygens (including phenoxy) is 4. The van der Waals surface area contributed by atoms with E-state index in [1.165, 1.54) is 366 Å². The Bertz CT molecular complexity index is 2060. The van der Waals surface area contributed by atoms with E-state index in [9.17, 15) is 50.4 Å². The topological polar surface area (TPSA) is 233 Å². The lowest BCUT2D eigenvalue weighted by Gasteiger charge is -2.45. The van der Waals surface area contributed by atoms with E-state index in [0.717, 1.165) is 88.9 Å². The molecule has 0 aromatic rings. The van der Waals surface area contributed by atoms with Gasteiger partial charge in [-0.3, -0.25) is 9.59 Å². The third kappa shape index (κ3) is 52.6. The van der Waals surface area contributed by atoms with Gasteiger partial charge >= 0.3 is 11.9 Å². The van der Waals surface area contributed by atoms with Gasteiger partial charge in [-0.1, -0.05) is 439 Å². The number of aliphatic hydroxyl groups excluding tert-OH is 8. The zero-order valence-electron chi connectivity index (χ0n) is 74.2. The highest BCUT2D eigenvalue weighted by Crippen LogP contribution is 2.50. The number of rotatable bonds is 82. The molecule has 0 spiro atoms. The summed E-state index contributed by atoms with van der Waals surface area (Å²) < 4.78 is 23.7. The Balaban J connectivity index is 1.31. The second-order valence-electron chi connectivity index (χ2n) is 36.9. The molecule has 2 aliphatic heterocycles. The molecule has 664 valence electrons. The Labute approximate surface area is 690 Å². The predicted octanol–water partition coefficient (Wildman–Crippen LogP) is 24.8. The van der Waals surface area contributed by atoms with Crippen LogP contribution in [0.4, 0.5) is 0 Å². The minimum atomic E-state index is -1.69. The zero-order valence-corrected chi connectivity index (χ0v) is 74.2. The van der Waals surface area contributed by atoms with Crippen molar-refractivity contribution in [2.24, 2.45) is 29.6 Å². The SMILES string of the molecule is CCCCCCCCCCCCCCCCCCCCCC[C@@H](C(=O)OCC1OC(CC2OC(CO)C(O)C(O)C2O)C(O)C(O)C1O)[C@H](O)CCCCCCCCCCCCCCCC[C@H]1C[C@@H]1[C@@H](C)CC(CCCCCCCCCCCCCCCC)C(=O)O[C@@H](C)CCCCCCCCCCCCCCCCCC. The van der Waals surface area contributed by atoms with Gasteiger partial charge in [-0.15, -0.1) is 0 Å². The van der Waals surface area contributed by atoms with Crippen molar-refractivity contribution in [1.29, 1.82) is 0 Å². The second kappa shape index (κ2) is 72.4. The molecule has 11 unspecified atom stereocenters. The van der Waals surface area contributed by atoms with Crippen LogP contribution in [-0.2, 0) is 28.5 Å². The van der Waals surface area contributed by atoms with E-state index in [2.05, 4.69) is 34.6 Å². The fourth-order valence-corrected chi connectivity index (χ4v) is 18.6. The molecule has 14 nitrogen and oxygen atoms in total. The van der Waals surface area contributed by atoms with E-state index in [0.29, 0.717) is 18.8 Å². The smallest absolute Gasteiger partial charge is 0.311 e. The predicted molar refractivity (Wildman–Crippen MR) is 466 cm³/mol. The molecule has 0 aromatic carbocycles. The molecule has 14 heteroatoms. The van der Waals surface area contributed by atoms with Crippen molar-refractivity contribution in [2.45, 2.75) is 570 Å². The van der Waals surface area contributed by atoms with Crippen molar-refractivity contribution in [2.75, 3.05) is 13.2 Å². The molecular formula is C98H188O14. The Kier molecular flexibility index (Phi) is 67.7. The van der Waals surface area contributed by atoms with E-state index in [1.807, 2.05) is 0 Å². The Morgan fingerprint density at radius 3 is 0.973 bits per heavy atom. The van der Waals surface area contributed by atoms with Crippen molar-refractivity contribution >= 4 is 11.9 Å². The minimum Gasteiger partial charge on any atom is -0.463 e. The zero-order chi connectivity index (χ0) is 81.1. The van der Waals surface area contributed by atoms with Gasteiger partial charge in [0.05, 0.1) is 42.9 Å². The molecule has 1 aliphatic carbocycles. The van der Waals surface area contributed by atoms with Crippen LogP contribution >= 0.6 is 0 Å². The maximum atomic E-state index is 14.0. The average molecular weight is 1590 g/mol. The first-order valence-corrected chi connectivity index (χ1v) is 49.7. The summed E-state index contributed by atoms with van der Waals surface area (Å²) in [4.78, 5) is 27.9. The molecule has 2 heterocycles. The highest BCUT2D eigenvalue weighted by Gasteiger charge is 2.50. The number of hydrogen-bond donors (Lipinski definition) is 8. The van der Waals surface area contributed by atoms with E-state index in [1.54, 1.807) is 0 Å². The molecule has 2 saturated heterocycles. The summed E-state index contributed by atoms with van der Waals surface area (Å²) in [5.74, 6) is 0.992. The first kappa shape index (κ1) is 105. The normalized spacial score (nSPS) is 23.3. The largest absolute Gasteiger partial charge is 0.463 e. The molecule has 3 aliphatic rings. The van der Waals surface area contributed by atoms with Crippen LogP contribution in [0.2, 0.25) is 0 Å². The third-order valence-electron chi connectivity index (χ3n) is 26.5. The summed E-state index contributed by atoms with van der Waals surface area (Å²) in [6, 6.07) is 0. The van der Waals surface area contributed by atoms with E-state index < -0.39 is 92.2 Å². The molecule has 0 bridgehead atoms. The van der Waals surface area contributed by atoms with Crippen LogP contribution in [0.15, 0.2) is 0 Å². The van der Waals surface area contributed by atoms with Crippen LogP contribution in [-0.4, -0.2) is 139 Å². The Morgan fingerprint density at radius 2 is 0.625 bits per heavy atom. The first-order chi connectivity index (χ1) is 54.7. The number of carbonyl (C=O) groups excluding carboxylic acids is 2. The Morgan fingerprint density at radius 1 is 0.339 bits per heavy atom.